The summed E-state index contributed by atoms with van der Waals surface area (Å²) in [5, 5.41) is 0. The summed E-state index contributed by atoms with van der Waals surface area (Å²) in [6.45, 7) is 2.11. The molecule has 0 aliphatic rings. The van der Waals surface area contributed by atoms with Gasteiger partial charge >= 0.3 is 5.97 Å². The second-order valence-corrected chi connectivity index (χ2v) is 4.89. The Hall–Kier alpha value is -1.90. The first-order valence-corrected chi connectivity index (χ1v) is 7.94. The molecule has 0 amide bonds. The number of hydrogen-bond donors (Lipinski definition) is 0. The van der Waals surface area contributed by atoms with Gasteiger partial charge in [-0.1, -0.05) is 55.5 Å². The third kappa shape index (κ3) is 14.5. The second kappa shape index (κ2) is 15.5. The number of Topliss-reactive ketones (excluding diaryl/α,β-unsaturated/α-hetero) is 1. The maximum absolute atomic E-state index is 11.5. The van der Waals surface area contributed by atoms with Crippen molar-refractivity contribution >= 4 is 11.8 Å². The average molecular weight is 304 g/mol. The molecule has 0 aromatic heterocycles. The zero-order valence-electron chi connectivity index (χ0n) is 13.8. The van der Waals surface area contributed by atoms with Crippen LogP contribution >= 0.6 is 0 Å². The number of methoxy groups -OCH3 is 1. The third-order valence-corrected chi connectivity index (χ3v) is 2.98. The Labute approximate surface area is 134 Å². The topological polar surface area (TPSA) is 43.4 Å². The van der Waals surface area contributed by atoms with Crippen molar-refractivity contribution in [1.82, 2.24) is 0 Å². The Morgan fingerprint density at radius 3 is 2.09 bits per heavy atom. The van der Waals surface area contributed by atoms with Crippen LogP contribution in [0.4, 0.5) is 0 Å². The molecule has 0 atom stereocenters. The van der Waals surface area contributed by atoms with Crippen molar-refractivity contribution in [3.63, 3.8) is 0 Å². The minimum absolute atomic E-state index is 0.138. The van der Waals surface area contributed by atoms with Crippen LogP contribution in [0.1, 0.15) is 51.9 Å². The Morgan fingerprint density at radius 1 is 0.818 bits per heavy atom. The normalized spacial score (nSPS) is 12.1. The van der Waals surface area contributed by atoms with Gasteiger partial charge in [0.2, 0.25) is 0 Å². The molecule has 0 aliphatic carbocycles. The summed E-state index contributed by atoms with van der Waals surface area (Å²) in [4.78, 5) is 22.4. The van der Waals surface area contributed by atoms with E-state index in [9.17, 15) is 9.59 Å². The van der Waals surface area contributed by atoms with Crippen molar-refractivity contribution < 1.29 is 14.3 Å². The summed E-state index contributed by atoms with van der Waals surface area (Å²) in [7, 11) is 1.34. The minimum Gasteiger partial charge on any atom is -0.469 e. The molecule has 0 N–H and O–H groups in total. The summed E-state index contributed by atoms with van der Waals surface area (Å²) >= 11 is 0. The molecule has 0 saturated heterocycles. The first-order chi connectivity index (χ1) is 10.7. The second-order valence-electron chi connectivity index (χ2n) is 4.89. The van der Waals surface area contributed by atoms with Gasteiger partial charge in [-0.2, -0.15) is 0 Å². The number of unbranched alkanes of at least 4 members (excludes halogenated alkanes) is 2. The van der Waals surface area contributed by atoms with Crippen LogP contribution < -0.4 is 0 Å². The fourth-order valence-electron chi connectivity index (χ4n) is 1.70. The number of carbonyl (C=O) groups excluding carboxylic acids is 2. The lowest BCUT2D eigenvalue weighted by molar-refractivity contribution is -0.141. The van der Waals surface area contributed by atoms with Gasteiger partial charge < -0.3 is 4.74 Å². The van der Waals surface area contributed by atoms with E-state index in [-0.39, 0.29) is 18.2 Å². The number of rotatable bonds is 12. The van der Waals surface area contributed by atoms with Gasteiger partial charge in [0.15, 0.2) is 0 Å². The van der Waals surface area contributed by atoms with Gasteiger partial charge in [-0.05, 0) is 25.7 Å². The van der Waals surface area contributed by atoms with Crippen LogP contribution in [0.2, 0.25) is 0 Å². The zero-order chi connectivity index (χ0) is 16.5. The highest BCUT2D eigenvalue weighted by Gasteiger charge is 2.06. The molecule has 0 radical (unpaired) electrons. The van der Waals surface area contributed by atoms with Crippen LogP contribution in [-0.4, -0.2) is 18.9 Å². The summed E-state index contributed by atoms with van der Waals surface area (Å²) in [6.07, 6.45) is 21.2. The van der Waals surface area contributed by atoms with Crippen molar-refractivity contribution in [2.45, 2.75) is 51.9 Å². The predicted octanol–water partition coefficient (Wildman–Crippen LogP) is 4.70. The van der Waals surface area contributed by atoms with Crippen LogP contribution in [0.15, 0.2) is 48.6 Å². The first kappa shape index (κ1) is 20.1. The van der Waals surface area contributed by atoms with Gasteiger partial charge in [-0.25, -0.2) is 0 Å². The zero-order valence-corrected chi connectivity index (χ0v) is 13.8. The smallest absolute Gasteiger partial charge is 0.305 e. The molecule has 122 valence electrons. The first-order valence-electron chi connectivity index (χ1n) is 7.94. The molecule has 0 fully saturated rings. The number of ketones is 1. The van der Waals surface area contributed by atoms with Gasteiger partial charge in [0.1, 0.15) is 5.78 Å². The van der Waals surface area contributed by atoms with E-state index in [1.54, 1.807) is 0 Å². The van der Waals surface area contributed by atoms with Crippen LogP contribution in [-0.2, 0) is 14.3 Å². The molecule has 0 aliphatic heterocycles. The quantitative estimate of drug-likeness (QED) is 0.298. The van der Waals surface area contributed by atoms with Crippen molar-refractivity contribution in [1.29, 1.82) is 0 Å². The lowest BCUT2D eigenvalue weighted by Crippen LogP contribution is -2.05. The molecular formula is C19H28O3. The molecule has 0 saturated carbocycles. The van der Waals surface area contributed by atoms with Gasteiger partial charge in [0, 0.05) is 12.8 Å². The molecule has 0 bridgehead atoms. The molecule has 0 spiro atoms. The number of allylic oxidation sites excluding steroid dienone is 8. The van der Waals surface area contributed by atoms with Crippen LogP contribution in [0.3, 0.4) is 0 Å². The van der Waals surface area contributed by atoms with Crippen LogP contribution in [0.5, 0.6) is 0 Å². The van der Waals surface area contributed by atoms with Gasteiger partial charge in [0.25, 0.3) is 0 Å². The van der Waals surface area contributed by atoms with Crippen molar-refractivity contribution in [2.24, 2.45) is 0 Å². The largest absolute Gasteiger partial charge is 0.469 e. The standard InChI is InChI=1S/C19H28O3/c1-3-4-5-6-7-8-9-10-11-12-13-14-15-18(20)16-17-19(21)22-2/h4-11H,3,12-17H2,1-2H3. The summed E-state index contributed by atoms with van der Waals surface area (Å²) in [5.74, 6) is -0.179. The molecule has 0 aromatic rings. The Bertz CT molecular complexity index is 414. The maximum atomic E-state index is 11.5. The molecular weight excluding hydrogens is 276 g/mol. The highest BCUT2D eigenvalue weighted by Crippen LogP contribution is 2.05. The van der Waals surface area contributed by atoms with E-state index in [4.69, 9.17) is 0 Å². The highest BCUT2D eigenvalue weighted by molar-refractivity contribution is 5.82. The monoisotopic (exact) mass is 304 g/mol. The maximum Gasteiger partial charge on any atom is 0.305 e. The molecule has 0 aromatic carbocycles. The number of hydrogen-bond acceptors (Lipinski definition) is 3. The van der Waals surface area contributed by atoms with E-state index in [0.717, 1.165) is 25.7 Å². The van der Waals surface area contributed by atoms with E-state index in [2.05, 4.69) is 23.8 Å². The Balaban J connectivity index is 3.56. The fraction of sp³-hybridized carbons (Fsp3) is 0.474. The molecule has 3 nitrogen and oxygen atoms in total. The van der Waals surface area contributed by atoms with Crippen molar-refractivity contribution in [2.75, 3.05) is 7.11 Å². The third-order valence-electron chi connectivity index (χ3n) is 2.98. The molecule has 0 rings (SSSR count). The van der Waals surface area contributed by atoms with E-state index in [1.807, 2.05) is 36.5 Å². The SMILES string of the molecule is CCC=CC=CC=CC=CCCCCC(=O)CCC(=O)OC. The van der Waals surface area contributed by atoms with Crippen molar-refractivity contribution in [3.8, 4) is 0 Å². The molecule has 0 unspecified atom stereocenters. The molecule has 0 heterocycles. The molecule has 22 heavy (non-hydrogen) atoms. The highest BCUT2D eigenvalue weighted by atomic mass is 16.5. The lowest BCUT2D eigenvalue weighted by Gasteiger charge is -1.99. The average Bonchev–Trinajstić information content (AvgIpc) is 2.53. The summed E-state index contributed by atoms with van der Waals surface area (Å²) in [5.41, 5.74) is 0. The van der Waals surface area contributed by atoms with E-state index in [0.29, 0.717) is 12.8 Å². The Morgan fingerprint density at radius 2 is 1.45 bits per heavy atom. The summed E-state index contributed by atoms with van der Waals surface area (Å²) < 4.78 is 4.50. The number of esters is 1. The number of carbonyl (C=O) groups is 2. The van der Waals surface area contributed by atoms with Crippen LogP contribution in [0, 0.1) is 0 Å². The van der Waals surface area contributed by atoms with Gasteiger partial charge in [0.05, 0.1) is 13.5 Å². The van der Waals surface area contributed by atoms with E-state index in [1.165, 1.54) is 7.11 Å². The van der Waals surface area contributed by atoms with Gasteiger partial charge in [-0.15, -0.1) is 0 Å². The minimum atomic E-state index is -0.317. The lowest BCUT2D eigenvalue weighted by atomic mass is 10.1. The summed E-state index contributed by atoms with van der Waals surface area (Å²) in [6, 6.07) is 0. The predicted molar refractivity (Wildman–Crippen MR) is 91.6 cm³/mol. The number of ether oxygens (including phenoxy) is 1. The van der Waals surface area contributed by atoms with Gasteiger partial charge in [-0.3, -0.25) is 9.59 Å². The fourth-order valence-corrected chi connectivity index (χ4v) is 1.70. The van der Waals surface area contributed by atoms with Crippen molar-refractivity contribution in [3.05, 3.63) is 48.6 Å². The van der Waals surface area contributed by atoms with Crippen LogP contribution in [0.25, 0.3) is 0 Å². The molecule has 3 heteroatoms. The Kier molecular flexibility index (Phi) is 14.2. The van der Waals surface area contributed by atoms with E-state index < -0.39 is 0 Å². The van der Waals surface area contributed by atoms with E-state index >= 15 is 0 Å².